The van der Waals surface area contributed by atoms with E-state index in [0.29, 0.717) is 31.6 Å². The highest BCUT2D eigenvalue weighted by Crippen LogP contribution is 2.14. The number of aryl methyl sites for hydroxylation is 1. The summed E-state index contributed by atoms with van der Waals surface area (Å²) < 4.78 is 10.7. The highest BCUT2D eigenvalue weighted by molar-refractivity contribution is 4.88. The summed E-state index contributed by atoms with van der Waals surface area (Å²) in [4.78, 5) is 6.56. The van der Waals surface area contributed by atoms with E-state index in [1.54, 1.807) is 0 Å². The van der Waals surface area contributed by atoms with Crippen LogP contribution in [0.4, 0.5) is 0 Å². The van der Waals surface area contributed by atoms with Gasteiger partial charge in [0.1, 0.15) is 0 Å². The molecule has 0 spiro atoms. The lowest BCUT2D eigenvalue weighted by atomic mass is 10.2. The lowest BCUT2D eigenvalue weighted by Gasteiger charge is -2.36. The Hall–Kier alpha value is -0.980. The van der Waals surface area contributed by atoms with Crippen LogP contribution in [0.15, 0.2) is 4.52 Å². The first-order valence-electron chi connectivity index (χ1n) is 6.51. The van der Waals surface area contributed by atoms with Gasteiger partial charge < -0.3 is 14.4 Å². The van der Waals surface area contributed by atoms with Crippen molar-refractivity contribution in [2.45, 2.75) is 45.4 Å². The van der Waals surface area contributed by atoms with E-state index in [9.17, 15) is 0 Å². The van der Waals surface area contributed by atoms with Gasteiger partial charge in [0.05, 0.1) is 25.9 Å². The van der Waals surface area contributed by atoms with Crippen LogP contribution in [0, 0.1) is 0 Å². The van der Waals surface area contributed by atoms with Gasteiger partial charge in [-0.05, 0) is 13.3 Å². The number of aromatic nitrogens is 2. The van der Waals surface area contributed by atoms with Crippen LogP contribution >= 0.6 is 0 Å². The predicted molar refractivity (Wildman–Crippen MR) is 65.0 cm³/mol. The maximum atomic E-state index is 9.13. The van der Waals surface area contributed by atoms with Crippen molar-refractivity contribution in [1.82, 2.24) is 15.0 Å². The molecule has 2 unspecified atom stereocenters. The zero-order valence-corrected chi connectivity index (χ0v) is 11.0. The molecule has 6 nitrogen and oxygen atoms in total. The van der Waals surface area contributed by atoms with Crippen LogP contribution in [0.5, 0.6) is 0 Å². The fourth-order valence-corrected chi connectivity index (χ4v) is 2.06. The molecule has 0 radical (unpaired) electrons. The van der Waals surface area contributed by atoms with E-state index in [1.807, 2.05) is 0 Å². The van der Waals surface area contributed by atoms with Gasteiger partial charge >= 0.3 is 0 Å². The summed E-state index contributed by atoms with van der Waals surface area (Å²) >= 11 is 0. The topological polar surface area (TPSA) is 71.6 Å². The van der Waals surface area contributed by atoms with Gasteiger partial charge in [-0.3, -0.25) is 4.90 Å². The van der Waals surface area contributed by atoms with E-state index in [1.165, 1.54) is 0 Å². The zero-order chi connectivity index (χ0) is 13.0. The standard InChI is InChI=1S/C12H21N3O3/c1-3-4-11-13-12(18-14-11)6-15-5-10(7-16)17-8-9(15)2/h9-10,16H,3-8H2,1-2H3. The number of rotatable bonds is 5. The van der Waals surface area contributed by atoms with E-state index < -0.39 is 0 Å². The second kappa shape index (κ2) is 6.26. The van der Waals surface area contributed by atoms with Crippen molar-refractivity contribution in [2.75, 3.05) is 19.8 Å². The molecule has 2 heterocycles. The maximum absolute atomic E-state index is 9.13. The molecule has 0 aromatic carbocycles. The Labute approximate surface area is 107 Å². The molecule has 1 fully saturated rings. The number of nitrogens with zero attached hydrogens (tertiary/aromatic N) is 3. The minimum Gasteiger partial charge on any atom is -0.394 e. The third kappa shape index (κ3) is 3.28. The normalized spacial score (nSPS) is 25.5. The Balaban J connectivity index is 1.93. The third-order valence-corrected chi connectivity index (χ3v) is 3.16. The van der Waals surface area contributed by atoms with Crippen LogP contribution in [-0.2, 0) is 17.7 Å². The molecule has 0 bridgehead atoms. The van der Waals surface area contributed by atoms with Crippen LogP contribution < -0.4 is 0 Å². The molecule has 0 saturated carbocycles. The number of hydrogen-bond acceptors (Lipinski definition) is 6. The largest absolute Gasteiger partial charge is 0.394 e. The number of aliphatic hydroxyl groups is 1. The summed E-state index contributed by atoms with van der Waals surface area (Å²) in [5.41, 5.74) is 0. The van der Waals surface area contributed by atoms with E-state index in [4.69, 9.17) is 14.4 Å². The first kappa shape index (κ1) is 13.5. The van der Waals surface area contributed by atoms with Crippen molar-refractivity contribution >= 4 is 0 Å². The van der Waals surface area contributed by atoms with Crippen molar-refractivity contribution in [2.24, 2.45) is 0 Å². The molecule has 2 atom stereocenters. The van der Waals surface area contributed by atoms with Crippen molar-refractivity contribution in [3.63, 3.8) is 0 Å². The molecular weight excluding hydrogens is 234 g/mol. The van der Waals surface area contributed by atoms with E-state index >= 15 is 0 Å². The number of ether oxygens (including phenoxy) is 1. The molecule has 1 aromatic rings. The van der Waals surface area contributed by atoms with Gasteiger partial charge in [0.2, 0.25) is 5.89 Å². The molecular formula is C12H21N3O3. The van der Waals surface area contributed by atoms with Gasteiger partial charge in [-0.15, -0.1) is 0 Å². The maximum Gasteiger partial charge on any atom is 0.240 e. The Bertz CT molecular complexity index is 369. The fraction of sp³-hybridized carbons (Fsp3) is 0.833. The summed E-state index contributed by atoms with van der Waals surface area (Å²) in [7, 11) is 0. The second-order valence-corrected chi connectivity index (χ2v) is 4.77. The summed E-state index contributed by atoms with van der Waals surface area (Å²) in [6, 6.07) is 0.300. The summed E-state index contributed by atoms with van der Waals surface area (Å²) in [6.07, 6.45) is 1.75. The Morgan fingerprint density at radius 2 is 2.33 bits per heavy atom. The van der Waals surface area contributed by atoms with E-state index in [2.05, 4.69) is 28.9 Å². The zero-order valence-electron chi connectivity index (χ0n) is 11.0. The Morgan fingerprint density at radius 1 is 1.50 bits per heavy atom. The first-order chi connectivity index (χ1) is 8.72. The van der Waals surface area contributed by atoms with Crippen molar-refractivity contribution in [1.29, 1.82) is 0 Å². The number of aliphatic hydroxyl groups excluding tert-OH is 1. The van der Waals surface area contributed by atoms with E-state index in [0.717, 1.165) is 18.7 Å². The van der Waals surface area contributed by atoms with E-state index in [-0.39, 0.29) is 12.7 Å². The van der Waals surface area contributed by atoms with Crippen molar-refractivity contribution in [3.8, 4) is 0 Å². The van der Waals surface area contributed by atoms with Crippen LogP contribution in [-0.4, -0.2) is 52.1 Å². The SMILES string of the molecule is CCCc1noc(CN2CC(CO)OCC2C)n1. The molecule has 0 aliphatic carbocycles. The molecule has 6 heteroatoms. The molecule has 1 aliphatic heterocycles. The van der Waals surface area contributed by atoms with Crippen LogP contribution in [0.3, 0.4) is 0 Å². The molecule has 1 saturated heterocycles. The van der Waals surface area contributed by atoms with Crippen molar-refractivity contribution < 1.29 is 14.4 Å². The highest BCUT2D eigenvalue weighted by atomic mass is 16.5. The Kier molecular flexibility index (Phi) is 4.68. The lowest BCUT2D eigenvalue weighted by Crippen LogP contribution is -2.48. The van der Waals surface area contributed by atoms with Gasteiger partial charge in [0, 0.05) is 19.0 Å². The minimum absolute atomic E-state index is 0.0497. The molecule has 0 amide bonds. The number of hydrogen-bond donors (Lipinski definition) is 1. The van der Waals surface area contributed by atoms with Gasteiger partial charge in [-0.2, -0.15) is 4.98 Å². The average Bonchev–Trinajstić information content (AvgIpc) is 2.80. The van der Waals surface area contributed by atoms with Crippen LogP contribution in [0.1, 0.15) is 32.0 Å². The van der Waals surface area contributed by atoms with Gasteiger partial charge in [-0.25, -0.2) is 0 Å². The van der Waals surface area contributed by atoms with Crippen LogP contribution in [0.2, 0.25) is 0 Å². The monoisotopic (exact) mass is 255 g/mol. The molecule has 2 rings (SSSR count). The third-order valence-electron chi connectivity index (χ3n) is 3.16. The summed E-state index contributed by atoms with van der Waals surface area (Å²) in [5.74, 6) is 1.41. The molecule has 18 heavy (non-hydrogen) atoms. The Morgan fingerprint density at radius 3 is 3.06 bits per heavy atom. The smallest absolute Gasteiger partial charge is 0.240 e. The second-order valence-electron chi connectivity index (χ2n) is 4.77. The van der Waals surface area contributed by atoms with Crippen LogP contribution in [0.25, 0.3) is 0 Å². The fourth-order valence-electron chi connectivity index (χ4n) is 2.06. The van der Waals surface area contributed by atoms with Gasteiger partial charge in [-0.1, -0.05) is 12.1 Å². The predicted octanol–water partition coefficient (Wildman–Crippen LogP) is 0.604. The average molecular weight is 255 g/mol. The van der Waals surface area contributed by atoms with Gasteiger partial charge in [0.15, 0.2) is 5.82 Å². The molecule has 1 aliphatic rings. The highest BCUT2D eigenvalue weighted by Gasteiger charge is 2.26. The van der Waals surface area contributed by atoms with Crippen molar-refractivity contribution in [3.05, 3.63) is 11.7 Å². The molecule has 1 N–H and O–H groups in total. The lowest BCUT2D eigenvalue weighted by molar-refractivity contribution is -0.0827. The molecule has 102 valence electrons. The quantitative estimate of drug-likeness (QED) is 0.831. The summed E-state index contributed by atoms with van der Waals surface area (Å²) in [6.45, 7) is 6.18. The first-order valence-corrected chi connectivity index (χ1v) is 6.51. The minimum atomic E-state index is -0.112. The molecule has 1 aromatic heterocycles. The number of morpholine rings is 1. The summed E-state index contributed by atoms with van der Waals surface area (Å²) in [5, 5.41) is 13.1. The van der Waals surface area contributed by atoms with Gasteiger partial charge in [0.25, 0.3) is 0 Å².